The molecule has 7 heteroatoms. The van der Waals surface area contributed by atoms with E-state index in [2.05, 4.69) is 36.4 Å². The molecule has 1 heterocycles. The monoisotopic (exact) mass is 448 g/mol. The standard InChI is InChI=1S/C22H17BrN4O2/c1-13-19(28)11-8-15(20(13)29)12-24-27-22-17-4-2-3-5-18(17)25-21(26-22)14-6-9-16(23)10-7-14/h2-12,28-29H,1H3,(H,25,26,27). The molecule has 0 spiro atoms. The summed E-state index contributed by atoms with van der Waals surface area (Å²) in [5.74, 6) is 1.16. The first kappa shape index (κ1) is 18.9. The molecule has 29 heavy (non-hydrogen) atoms. The number of anilines is 1. The van der Waals surface area contributed by atoms with Crippen molar-refractivity contribution >= 4 is 38.9 Å². The number of nitrogens with one attached hydrogen (secondary N) is 1. The zero-order chi connectivity index (χ0) is 20.4. The van der Waals surface area contributed by atoms with Crippen molar-refractivity contribution < 1.29 is 10.2 Å². The van der Waals surface area contributed by atoms with Crippen LogP contribution in [0.4, 0.5) is 5.82 Å². The van der Waals surface area contributed by atoms with E-state index >= 15 is 0 Å². The summed E-state index contributed by atoms with van der Waals surface area (Å²) in [4.78, 5) is 9.28. The fourth-order valence-electron chi connectivity index (χ4n) is 2.87. The van der Waals surface area contributed by atoms with Gasteiger partial charge >= 0.3 is 0 Å². The van der Waals surface area contributed by atoms with Gasteiger partial charge in [0.15, 0.2) is 11.6 Å². The van der Waals surface area contributed by atoms with Gasteiger partial charge in [-0.15, -0.1) is 0 Å². The zero-order valence-corrected chi connectivity index (χ0v) is 17.1. The fourth-order valence-corrected chi connectivity index (χ4v) is 3.13. The van der Waals surface area contributed by atoms with E-state index in [0.717, 1.165) is 20.9 Å². The topological polar surface area (TPSA) is 90.6 Å². The van der Waals surface area contributed by atoms with Gasteiger partial charge in [0.05, 0.1) is 11.7 Å². The molecule has 0 atom stereocenters. The summed E-state index contributed by atoms with van der Waals surface area (Å²) in [6.07, 6.45) is 1.48. The Balaban J connectivity index is 1.71. The molecule has 0 aliphatic rings. The molecule has 0 aliphatic heterocycles. The lowest BCUT2D eigenvalue weighted by molar-refractivity contribution is 0.442. The van der Waals surface area contributed by atoms with Gasteiger partial charge in [0.25, 0.3) is 0 Å². The molecule has 0 bridgehead atoms. The summed E-state index contributed by atoms with van der Waals surface area (Å²) in [6, 6.07) is 18.5. The van der Waals surface area contributed by atoms with Crippen LogP contribution in [0.3, 0.4) is 0 Å². The predicted octanol–water partition coefficient (Wildman–Crippen LogP) is 5.22. The van der Waals surface area contributed by atoms with Crippen molar-refractivity contribution in [3.8, 4) is 22.9 Å². The lowest BCUT2D eigenvalue weighted by Gasteiger charge is -2.09. The number of aromatic hydroxyl groups is 2. The van der Waals surface area contributed by atoms with E-state index in [-0.39, 0.29) is 11.5 Å². The Hall–Kier alpha value is -3.45. The van der Waals surface area contributed by atoms with Gasteiger partial charge in [-0.25, -0.2) is 9.97 Å². The highest BCUT2D eigenvalue weighted by Gasteiger charge is 2.10. The molecule has 1 aromatic heterocycles. The van der Waals surface area contributed by atoms with Crippen LogP contribution in [0.25, 0.3) is 22.3 Å². The van der Waals surface area contributed by atoms with Crippen LogP contribution in [0.2, 0.25) is 0 Å². The number of halogens is 1. The van der Waals surface area contributed by atoms with Crippen LogP contribution in [0, 0.1) is 6.92 Å². The van der Waals surface area contributed by atoms with Gasteiger partial charge in [0.2, 0.25) is 0 Å². The van der Waals surface area contributed by atoms with Gasteiger partial charge in [-0.05, 0) is 43.3 Å². The van der Waals surface area contributed by atoms with Crippen molar-refractivity contribution in [2.45, 2.75) is 6.92 Å². The number of fused-ring (bicyclic) bond motifs is 1. The first-order valence-corrected chi connectivity index (χ1v) is 9.65. The van der Waals surface area contributed by atoms with Crippen LogP contribution >= 0.6 is 15.9 Å². The summed E-state index contributed by atoms with van der Waals surface area (Å²) in [5.41, 5.74) is 5.52. The molecule has 0 radical (unpaired) electrons. The van der Waals surface area contributed by atoms with Crippen molar-refractivity contribution in [1.82, 2.24) is 9.97 Å². The van der Waals surface area contributed by atoms with Gasteiger partial charge in [-0.2, -0.15) is 5.10 Å². The van der Waals surface area contributed by atoms with E-state index in [1.807, 2.05) is 48.5 Å². The molecular weight excluding hydrogens is 432 g/mol. The van der Waals surface area contributed by atoms with E-state index in [4.69, 9.17) is 0 Å². The molecule has 4 rings (SSSR count). The molecule has 0 unspecified atom stereocenters. The number of phenolic OH excluding ortho intramolecular Hbond substituents is 2. The maximum absolute atomic E-state index is 10.2. The third kappa shape index (κ3) is 3.90. The van der Waals surface area contributed by atoms with Crippen LogP contribution < -0.4 is 5.43 Å². The molecule has 3 aromatic carbocycles. The SMILES string of the molecule is Cc1c(O)ccc(C=NNc2nc(-c3ccc(Br)cc3)nc3ccccc23)c1O. The molecule has 0 amide bonds. The number of hydrogen-bond acceptors (Lipinski definition) is 6. The second-order valence-electron chi connectivity index (χ2n) is 6.44. The Morgan fingerprint density at radius 2 is 1.72 bits per heavy atom. The molecule has 6 nitrogen and oxygen atoms in total. The van der Waals surface area contributed by atoms with Crippen molar-refractivity contribution in [3.63, 3.8) is 0 Å². The quantitative estimate of drug-likeness (QED) is 0.293. The minimum Gasteiger partial charge on any atom is -0.508 e. The smallest absolute Gasteiger partial charge is 0.162 e. The number of hydrogen-bond donors (Lipinski definition) is 3. The Morgan fingerprint density at radius 3 is 2.52 bits per heavy atom. The number of aromatic nitrogens is 2. The molecule has 3 N–H and O–H groups in total. The van der Waals surface area contributed by atoms with E-state index < -0.39 is 0 Å². The van der Waals surface area contributed by atoms with Crippen molar-refractivity contribution in [1.29, 1.82) is 0 Å². The second-order valence-corrected chi connectivity index (χ2v) is 7.35. The van der Waals surface area contributed by atoms with Gasteiger partial charge in [0, 0.05) is 26.5 Å². The second kappa shape index (κ2) is 7.89. The molecule has 0 saturated heterocycles. The zero-order valence-electron chi connectivity index (χ0n) is 15.5. The van der Waals surface area contributed by atoms with Crippen molar-refractivity contribution in [2.75, 3.05) is 5.43 Å². The maximum Gasteiger partial charge on any atom is 0.162 e. The predicted molar refractivity (Wildman–Crippen MR) is 118 cm³/mol. The molecular formula is C22H17BrN4O2. The van der Waals surface area contributed by atoms with Gasteiger partial charge in [0.1, 0.15) is 11.5 Å². The average molecular weight is 449 g/mol. The Morgan fingerprint density at radius 1 is 0.966 bits per heavy atom. The highest BCUT2D eigenvalue weighted by Crippen LogP contribution is 2.29. The number of para-hydroxylation sites is 1. The summed E-state index contributed by atoms with van der Waals surface area (Å²) < 4.78 is 0.981. The van der Waals surface area contributed by atoms with E-state index in [1.165, 1.54) is 12.3 Å². The molecule has 0 fully saturated rings. The third-order valence-corrected chi connectivity index (χ3v) is 5.04. The summed E-state index contributed by atoms with van der Waals surface area (Å²) in [5, 5.41) is 24.9. The van der Waals surface area contributed by atoms with Crippen LogP contribution in [0.5, 0.6) is 11.5 Å². The molecule has 0 aliphatic carbocycles. The molecule has 0 saturated carbocycles. The van der Waals surface area contributed by atoms with Gasteiger partial charge in [-0.1, -0.05) is 40.2 Å². The number of rotatable bonds is 4. The van der Waals surface area contributed by atoms with Gasteiger partial charge in [-0.3, -0.25) is 5.43 Å². The summed E-state index contributed by atoms with van der Waals surface area (Å²) >= 11 is 3.44. The largest absolute Gasteiger partial charge is 0.508 e. The van der Waals surface area contributed by atoms with Crippen molar-refractivity contribution in [3.05, 3.63) is 76.3 Å². The fraction of sp³-hybridized carbons (Fsp3) is 0.0455. The number of benzene rings is 3. The first-order chi connectivity index (χ1) is 14.0. The summed E-state index contributed by atoms with van der Waals surface area (Å²) in [7, 11) is 0. The number of phenols is 2. The highest BCUT2D eigenvalue weighted by atomic mass is 79.9. The molecule has 144 valence electrons. The van der Waals surface area contributed by atoms with E-state index in [9.17, 15) is 10.2 Å². The number of hydrazone groups is 1. The maximum atomic E-state index is 10.2. The minimum atomic E-state index is -0.0151. The lowest BCUT2D eigenvalue weighted by Crippen LogP contribution is -1.99. The number of nitrogens with zero attached hydrogens (tertiary/aromatic N) is 3. The normalized spacial score (nSPS) is 11.2. The Bertz CT molecular complexity index is 1220. The Labute approximate surface area is 175 Å². The average Bonchev–Trinajstić information content (AvgIpc) is 2.74. The van der Waals surface area contributed by atoms with E-state index in [0.29, 0.717) is 22.8 Å². The minimum absolute atomic E-state index is 0.0151. The van der Waals surface area contributed by atoms with Gasteiger partial charge < -0.3 is 10.2 Å². The molecule has 4 aromatic rings. The Kier molecular flexibility index (Phi) is 5.14. The van der Waals surface area contributed by atoms with E-state index in [1.54, 1.807) is 13.0 Å². The van der Waals surface area contributed by atoms with Crippen LogP contribution in [0.1, 0.15) is 11.1 Å². The summed E-state index contributed by atoms with van der Waals surface area (Å²) in [6.45, 7) is 1.64. The van der Waals surface area contributed by atoms with Crippen LogP contribution in [0.15, 0.2) is 70.2 Å². The lowest BCUT2D eigenvalue weighted by atomic mass is 10.1. The van der Waals surface area contributed by atoms with Crippen LogP contribution in [-0.4, -0.2) is 26.4 Å². The van der Waals surface area contributed by atoms with Crippen LogP contribution in [-0.2, 0) is 0 Å². The third-order valence-electron chi connectivity index (χ3n) is 4.51. The first-order valence-electron chi connectivity index (χ1n) is 8.86. The highest BCUT2D eigenvalue weighted by molar-refractivity contribution is 9.10. The van der Waals surface area contributed by atoms with Crippen molar-refractivity contribution in [2.24, 2.45) is 5.10 Å².